The van der Waals surface area contributed by atoms with Gasteiger partial charge in [-0.25, -0.2) is 0 Å². The molecule has 0 fully saturated rings. The average Bonchev–Trinajstić information content (AvgIpc) is 0.811. The van der Waals surface area contributed by atoms with E-state index in [0.717, 1.165) is 0 Å². The zero-order valence-corrected chi connectivity index (χ0v) is 7.58. The maximum absolute atomic E-state index is 5.03. The molecule has 0 amide bonds. The van der Waals surface area contributed by atoms with E-state index in [-0.39, 0.29) is 0 Å². The van der Waals surface area contributed by atoms with Crippen LogP contribution in [0.15, 0.2) is 0 Å². The van der Waals surface area contributed by atoms with E-state index < -0.39 is 33.7 Å². The first-order valence-electron chi connectivity index (χ1n) is 0.802. The molecule has 0 aromatic carbocycles. The average molecular weight is 194 g/mol. The predicted molar refractivity (Wildman–Crippen MR) is 23.3 cm³/mol. The monoisotopic (exact) mass is 193 g/mol. The van der Waals surface area contributed by atoms with Crippen LogP contribution in [0.25, 0.3) is 0 Å². The Balaban J connectivity index is 2.32. The van der Waals surface area contributed by atoms with Crippen LogP contribution in [0.5, 0.6) is 0 Å². The first kappa shape index (κ1) is 6.35. The third-order valence-electron chi connectivity index (χ3n) is 0. The van der Waals surface area contributed by atoms with Crippen molar-refractivity contribution in [1.29, 1.82) is 0 Å². The van der Waals surface area contributed by atoms with Gasteiger partial charge in [0.05, 0.1) is 0 Å². The van der Waals surface area contributed by atoms with E-state index in [1.165, 1.54) is 0 Å². The summed E-state index contributed by atoms with van der Waals surface area (Å²) in [4.78, 5) is 15.1. The van der Waals surface area contributed by atoms with Crippen LogP contribution in [-0.4, -0.2) is 33.7 Å². The maximum atomic E-state index is 5.03. The summed E-state index contributed by atoms with van der Waals surface area (Å²) in [5, 5.41) is 0. The molecule has 0 saturated carbocycles. The Kier molecular flexibility index (Phi) is 5.62. The van der Waals surface area contributed by atoms with Crippen LogP contribution in [0.1, 0.15) is 0 Å². The fourth-order valence-corrected chi connectivity index (χ4v) is 0. The molecule has 0 rings (SSSR count). The predicted octanol–water partition coefficient (Wildman–Crippen LogP) is 1.69. The Morgan fingerprint density at radius 3 is 1.00 bits per heavy atom. The first-order chi connectivity index (χ1) is 1.73. The summed E-state index contributed by atoms with van der Waals surface area (Å²) in [6, 6.07) is 0. The van der Waals surface area contributed by atoms with Crippen LogP contribution in [0.4, 0.5) is 0 Å². The molecule has 0 aliphatic heterocycles. The van der Waals surface area contributed by atoms with Gasteiger partial charge in [0.1, 0.15) is 0 Å². The van der Waals surface area contributed by atoms with Crippen molar-refractivity contribution >= 4 is 48.5 Å². The standard InChI is InChI=1S/3ClH.Sr/h3*1H;/q;;;+3/p-3. The van der Waals surface area contributed by atoms with E-state index in [1.54, 1.807) is 0 Å². The molecule has 0 bridgehead atoms. The van der Waals surface area contributed by atoms with Gasteiger partial charge in [0.15, 0.2) is 0 Å². The minimum absolute atomic E-state index is 2.31. The zero-order chi connectivity index (χ0) is 3.58. The second-order valence-electron chi connectivity index (χ2n) is 0.303. The third-order valence-corrected chi connectivity index (χ3v) is 0. The summed E-state index contributed by atoms with van der Waals surface area (Å²) in [6.07, 6.45) is 0. The van der Waals surface area contributed by atoms with Gasteiger partial charge in [-0.15, -0.1) is 0 Å². The Labute approximate surface area is 47.0 Å². The molecule has 4 heteroatoms. The Hall–Kier alpha value is 2.35. The molecule has 0 nitrogen and oxygen atoms in total. The number of hydrogen-bond donors (Lipinski definition) is 0. The molecular weight excluding hydrogens is 194 g/mol. The van der Waals surface area contributed by atoms with Crippen LogP contribution in [0.3, 0.4) is 0 Å². The molecule has 0 aliphatic rings. The van der Waals surface area contributed by atoms with Gasteiger partial charge in [0.25, 0.3) is 0 Å². The van der Waals surface area contributed by atoms with Gasteiger partial charge < -0.3 is 0 Å². The van der Waals surface area contributed by atoms with Crippen LogP contribution in [0, 0.1) is 0 Å². The Morgan fingerprint density at radius 2 is 1.00 bits per heavy atom. The molecule has 0 heterocycles. The molecule has 0 spiro atoms. The second-order valence-corrected chi connectivity index (χ2v) is 16.1. The van der Waals surface area contributed by atoms with Gasteiger partial charge in [-0.1, -0.05) is 0 Å². The fraction of sp³-hybridized carbons (Fsp3) is 0. The molecule has 0 N–H and O–H groups in total. The molecule has 23 valence electrons. The van der Waals surface area contributed by atoms with E-state index >= 15 is 0 Å². The summed E-state index contributed by atoms with van der Waals surface area (Å²) >= 11 is -2.31. The number of hydrogen-bond acceptors (Lipinski definition) is 0. The van der Waals surface area contributed by atoms with Crippen molar-refractivity contribution in [2.24, 2.45) is 0 Å². The molecule has 4 heavy (non-hydrogen) atoms. The van der Waals surface area contributed by atoms with Gasteiger partial charge in [-0.3, -0.25) is 0 Å². The van der Waals surface area contributed by atoms with Crippen LogP contribution in [0.2, 0.25) is 0 Å². The van der Waals surface area contributed by atoms with Gasteiger partial charge in [-0.2, -0.15) is 0 Å². The van der Waals surface area contributed by atoms with E-state index in [1.807, 2.05) is 0 Å². The van der Waals surface area contributed by atoms with Crippen molar-refractivity contribution in [3.63, 3.8) is 0 Å². The van der Waals surface area contributed by atoms with Crippen molar-refractivity contribution in [1.82, 2.24) is 0 Å². The fourth-order valence-electron chi connectivity index (χ4n) is 0. The molecule has 0 unspecified atom stereocenters. The van der Waals surface area contributed by atoms with Crippen molar-refractivity contribution in [3.05, 3.63) is 0 Å². The second kappa shape index (κ2) is 3.54. The van der Waals surface area contributed by atoms with Crippen molar-refractivity contribution < 1.29 is 0 Å². The summed E-state index contributed by atoms with van der Waals surface area (Å²) in [7, 11) is 0. The topological polar surface area (TPSA) is 0 Å². The minimum atomic E-state index is -2.31. The zero-order valence-electron chi connectivity index (χ0n) is 1.84. The normalized spacial score (nSPS) is 9.00. The molecule has 0 saturated heterocycles. The summed E-state index contributed by atoms with van der Waals surface area (Å²) in [6.45, 7) is 0. The van der Waals surface area contributed by atoms with E-state index in [2.05, 4.69) is 0 Å². The Morgan fingerprint density at radius 1 is 1.00 bits per heavy atom. The van der Waals surface area contributed by atoms with Gasteiger partial charge in [-0.05, 0) is 0 Å². The molecule has 3 radical (unpaired) electrons. The molecule has 0 aromatic heterocycles. The molecule has 0 aliphatic carbocycles. The van der Waals surface area contributed by atoms with Gasteiger partial charge in [0.2, 0.25) is 0 Å². The molecule has 0 atom stereocenters. The SMILES string of the molecule is [Cl][Sr]([Cl])[Cl]. The van der Waals surface area contributed by atoms with E-state index in [0.29, 0.717) is 0 Å². The number of rotatable bonds is 0. The third kappa shape index (κ3) is 8.84. The van der Waals surface area contributed by atoms with Gasteiger partial charge >= 0.3 is 48.5 Å². The number of halogens is 3. The molecular formula is Cl3Sr. The van der Waals surface area contributed by atoms with Crippen molar-refractivity contribution in [2.75, 3.05) is 0 Å². The van der Waals surface area contributed by atoms with Gasteiger partial charge in [0, 0.05) is 0 Å². The van der Waals surface area contributed by atoms with Crippen LogP contribution in [-0.2, 0) is 0 Å². The quantitative estimate of drug-likeness (QED) is 0.514. The van der Waals surface area contributed by atoms with E-state index in [9.17, 15) is 0 Å². The summed E-state index contributed by atoms with van der Waals surface area (Å²) < 4.78 is 0. The Bertz CT molecular complexity index is 8.00. The van der Waals surface area contributed by atoms with Crippen molar-refractivity contribution in [3.8, 4) is 0 Å². The van der Waals surface area contributed by atoms with E-state index in [4.69, 9.17) is 14.7 Å². The van der Waals surface area contributed by atoms with Crippen LogP contribution < -0.4 is 0 Å². The van der Waals surface area contributed by atoms with Crippen molar-refractivity contribution in [2.45, 2.75) is 0 Å². The molecule has 0 aromatic rings. The van der Waals surface area contributed by atoms with Crippen LogP contribution >= 0.6 is 14.7 Å². The summed E-state index contributed by atoms with van der Waals surface area (Å²) in [5.74, 6) is 0. The summed E-state index contributed by atoms with van der Waals surface area (Å²) in [5.41, 5.74) is 0. The first-order valence-corrected chi connectivity index (χ1v) is 14.2.